The Kier molecular flexibility index (Phi) is 4.85. The van der Waals surface area contributed by atoms with Crippen LogP contribution >= 0.6 is 0 Å². The van der Waals surface area contributed by atoms with E-state index in [1.807, 2.05) is 6.92 Å². The van der Waals surface area contributed by atoms with Crippen LogP contribution in [0.25, 0.3) is 0 Å². The van der Waals surface area contributed by atoms with E-state index in [2.05, 4.69) is 6.92 Å². The summed E-state index contributed by atoms with van der Waals surface area (Å²) >= 11 is 0. The summed E-state index contributed by atoms with van der Waals surface area (Å²) in [7, 11) is 0. The van der Waals surface area contributed by atoms with Crippen LogP contribution in [0.5, 0.6) is 0 Å². The summed E-state index contributed by atoms with van der Waals surface area (Å²) in [5, 5.41) is 0. The van der Waals surface area contributed by atoms with Gasteiger partial charge in [0.05, 0.1) is 18.8 Å². The SMILES string of the molecule is CCOC(=O)C1(N)CCC(OC2CCCC(C)C2)C1. The molecule has 110 valence electrons. The van der Waals surface area contributed by atoms with Crippen molar-refractivity contribution in [1.82, 2.24) is 0 Å². The van der Waals surface area contributed by atoms with Gasteiger partial charge in [-0.25, -0.2) is 0 Å². The molecule has 0 saturated heterocycles. The minimum atomic E-state index is -0.818. The van der Waals surface area contributed by atoms with Gasteiger partial charge in [-0.3, -0.25) is 4.79 Å². The zero-order valence-corrected chi connectivity index (χ0v) is 12.2. The van der Waals surface area contributed by atoms with E-state index in [0.717, 1.165) is 25.2 Å². The van der Waals surface area contributed by atoms with Crippen molar-refractivity contribution < 1.29 is 14.3 Å². The lowest BCUT2D eigenvalue weighted by Crippen LogP contribution is -2.47. The van der Waals surface area contributed by atoms with Gasteiger partial charge in [0.2, 0.25) is 0 Å². The molecule has 2 rings (SSSR count). The number of rotatable bonds is 4. The normalized spacial score (nSPS) is 39.2. The Morgan fingerprint density at radius 3 is 2.79 bits per heavy atom. The third kappa shape index (κ3) is 3.69. The zero-order valence-electron chi connectivity index (χ0n) is 12.2. The molecule has 0 aromatic rings. The maximum atomic E-state index is 11.9. The van der Waals surface area contributed by atoms with Crippen LogP contribution in [-0.4, -0.2) is 30.3 Å². The smallest absolute Gasteiger partial charge is 0.326 e. The van der Waals surface area contributed by atoms with Crippen molar-refractivity contribution in [3.63, 3.8) is 0 Å². The summed E-state index contributed by atoms with van der Waals surface area (Å²) in [6.45, 7) is 4.49. The number of carbonyl (C=O) groups is 1. The minimum Gasteiger partial charge on any atom is -0.465 e. The Bertz CT molecular complexity index is 321. The molecule has 2 saturated carbocycles. The van der Waals surface area contributed by atoms with Crippen LogP contribution in [0.3, 0.4) is 0 Å². The molecule has 4 atom stereocenters. The predicted molar refractivity (Wildman–Crippen MR) is 73.7 cm³/mol. The largest absolute Gasteiger partial charge is 0.465 e. The minimum absolute atomic E-state index is 0.129. The van der Waals surface area contributed by atoms with Gasteiger partial charge in [0, 0.05) is 6.42 Å². The molecular weight excluding hydrogens is 242 g/mol. The molecular formula is C15H27NO3. The van der Waals surface area contributed by atoms with E-state index in [9.17, 15) is 4.79 Å². The third-order valence-corrected chi connectivity index (χ3v) is 4.46. The molecule has 2 fully saturated rings. The van der Waals surface area contributed by atoms with Gasteiger partial charge in [0.15, 0.2) is 0 Å². The van der Waals surface area contributed by atoms with Gasteiger partial charge >= 0.3 is 5.97 Å². The molecule has 0 heterocycles. The fraction of sp³-hybridized carbons (Fsp3) is 0.933. The molecule has 0 amide bonds. The van der Waals surface area contributed by atoms with Crippen LogP contribution in [0.4, 0.5) is 0 Å². The zero-order chi connectivity index (χ0) is 13.9. The molecule has 2 N–H and O–H groups in total. The van der Waals surface area contributed by atoms with Gasteiger partial charge < -0.3 is 15.2 Å². The van der Waals surface area contributed by atoms with Gasteiger partial charge in [0.1, 0.15) is 5.54 Å². The molecule has 19 heavy (non-hydrogen) atoms. The summed E-state index contributed by atoms with van der Waals surface area (Å²) in [6, 6.07) is 0. The monoisotopic (exact) mass is 269 g/mol. The number of hydrogen-bond acceptors (Lipinski definition) is 4. The van der Waals surface area contributed by atoms with Crippen molar-refractivity contribution in [1.29, 1.82) is 0 Å². The second kappa shape index (κ2) is 6.23. The Morgan fingerprint density at radius 2 is 2.11 bits per heavy atom. The van der Waals surface area contributed by atoms with E-state index in [4.69, 9.17) is 15.2 Å². The lowest BCUT2D eigenvalue weighted by molar-refractivity contribution is -0.150. The van der Waals surface area contributed by atoms with Gasteiger partial charge in [-0.05, 0) is 38.5 Å². The van der Waals surface area contributed by atoms with Gasteiger partial charge in [0.25, 0.3) is 0 Å². The van der Waals surface area contributed by atoms with E-state index in [-0.39, 0.29) is 12.1 Å². The van der Waals surface area contributed by atoms with E-state index >= 15 is 0 Å². The van der Waals surface area contributed by atoms with E-state index in [0.29, 0.717) is 25.6 Å². The second-order valence-corrected chi connectivity index (χ2v) is 6.27. The van der Waals surface area contributed by atoms with Gasteiger partial charge in [-0.2, -0.15) is 0 Å². The average molecular weight is 269 g/mol. The highest BCUT2D eigenvalue weighted by Gasteiger charge is 2.44. The Morgan fingerprint density at radius 1 is 1.32 bits per heavy atom. The van der Waals surface area contributed by atoms with E-state index < -0.39 is 5.54 Å². The summed E-state index contributed by atoms with van der Waals surface area (Å²) in [5.41, 5.74) is 5.34. The molecule has 4 unspecified atom stereocenters. The van der Waals surface area contributed by atoms with Crippen molar-refractivity contribution in [2.24, 2.45) is 11.7 Å². The van der Waals surface area contributed by atoms with Crippen molar-refractivity contribution in [2.45, 2.75) is 76.5 Å². The van der Waals surface area contributed by atoms with Crippen LogP contribution in [0.2, 0.25) is 0 Å². The topological polar surface area (TPSA) is 61.5 Å². The standard InChI is InChI=1S/C15H27NO3/c1-3-18-14(17)15(16)8-7-13(10-15)19-12-6-4-5-11(2)9-12/h11-13H,3-10,16H2,1-2H3. The first-order valence-electron chi connectivity index (χ1n) is 7.65. The first-order chi connectivity index (χ1) is 9.03. The number of esters is 1. The van der Waals surface area contributed by atoms with Crippen molar-refractivity contribution in [2.75, 3.05) is 6.61 Å². The molecule has 4 heteroatoms. The maximum Gasteiger partial charge on any atom is 0.326 e. The number of nitrogens with two attached hydrogens (primary N) is 1. The molecule has 4 nitrogen and oxygen atoms in total. The Hall–Kier alpha value is -0.610. The lowest BCUT2D eigenvalue weighted by Gasteiger charge is -2.29. The molecule has 0 aromatic carbocycles. The third-order valence-electron chi connectivity index (χ3n) is 4.46. The van der Waals surface area contributed by atoms with Crippen molar-refractivity contribution >= 4 is 5.97 Å². The molecule has 0 aliphatic heterocycles. The van der Waals surface area contributed by atoms with Crippen LogP contribution in [0.15, 0.2) is 0 Å². The highest BCUT2D eigenvalue weighted by molar-refractivity contribution is 5.81. The number of carbonyl (C=O) groups excluding carboxylic acids is 1. The quantitative estimate of drug-likeness (QED) is 0.796. The summed E-state index contributed by atoms with van der Waals surface area (Å²) in [5.74, 6) is 0.492. The fourth-order valence-corrected chi connectivity index (χ4v) is 3.38. The predicted octanol–water partition coefficient (Wildman–Crippen LogP) is 2.39. The van der Waals surface area contributed by atoms with Crippen LogP contribution in [0.1, 0.15) is 58.8 Å². The van der Waals surface area contributed by atoms with Crippen molar-refractivity contribution in [3.05, 3.63) is 0 Å². The highest BCUT2D eigenvalue weighted by Crippen LogP contribution is 2.34. The van der Waals surface area contributed by atoms with Gasteiger partial charge in [-0.15, -0.1) is 0 Å². The summed E-state index contributed by atoms with van der Waals surface area (Å²) in [6.07, 6.45) is 7.52. The lowest BCUT2D eigenvalue weighted by atomic mass is 9.88. The molecule has 0 bridgehead atoms. The van der Waals surface area contributed by atoms with E-state index in [1.54, 1.807) is 0 Å². The fourth-order valence-electron chi connectivity index (χ4n) is 3.38. The summed E-state index contributed by atoms with van der Waals surface area (Å²) in [4.78, 5) is 11.9. The Balaban J connectivity index is 1.82. The molecule has 0 aromatic heterocycles. The molecule has 2 aliphatic carbocycles. The highest BCUT2D eigenvalue weighted by atomic mass is 16.5. The molecule has 2 aliphatic rings. The van der Waals surface area contributed by atoms with Crippen LogP contribution in [-0.2, 0) is 14.3 Å². The number of ether oxygens (including phenoxy) is 2. The first-order valence-corrected chi connectivity index (χ1v) is 7.65. The van der Waals surface area contributed by atoms with Crippen LogP contribution in [0, 0.1) is 5.92 Å². The van der Waals surface area contributed by atoms with Gasteiger partial charge in [-0.1, -0.05) is 19.8 Å². The van der Waals surface area contributed by atoms with Crippen LogP contribution < -0.4 is 5.73 Å². The maximum absolute atomic E-state index is 11.9. The number of hydrogen-bond donors (Lipinski definition) is 1. The van der Waals surface area contributed by atoms with Crippen molar-refractivity contribution in [3.8, 4) is 0 Å². The van der Waals surface area contributed by atoms with E-state index in [1.165, 1.54) is 12.8 Å². The molecule has 0 spiro atoms. The Labute approximate surface area is 116 Å². The second-order valence-electron chi connectivity index (χ2n) is 6.27. The average Bonchev–Trinajstić information content (AvgIpc) is 2.73. The first kappa shape index (κ1) is 14.8. The molecule has 0 radical (unpaired) electrons. The summed E-state index contributed by atoms with van der Waals surface area (Å²) < 4.78 is 11.2.